The van der Waals surface area contributed by atoms with Crippen LogP contribution in [0.25, 0.3) is 22.1 Å². The average molecular weight is 522 g/mol. The first-order valence-electron chi connectivity index (χ1n) is 12.1. The number of phenols is 1. The topological polar surface area (TPSA) is 78.2 Å². The van der Waals surface area contributed by atoms with Gasteiger partial charge in [-0.05, 0) is 66.0 Å². The Balaban J connectivity index is 1.07. The molecule has 1 fully saturated rings. The van der Waals surface area contributed by atoms with Crippen molar-refractivity contribution in [2.75, 3.05) is 49.9 Å². The summed E-state index contributed by atoms with van der Waals surface area (Å²) in [5.41, 5.74) is 2.39. The van der Waals surface area contributed by atoms with E-state index in [1.807, 2.05) is 0 Å². The number of hydrogen-bond acceptors (Lipinski definition) is 8. The van der Waals surface area contributed by atoms with Crippen molar-refractivity contribution >= 4 is 28.6 Å². The summed E-state index contributed by atoms with van der Waals surface area (Å²) in [5, 5.41) is 9.97. The molecule has 37 heavy (non-hydrogen) atoms. The van der Waals surface area contributed by atoms with Crippen molar-refractivity contribution in [1.29, 1.82) is 0 Å². The maximum absolute atomic E-state index is 13.0. The summed E-state index contributed by atoms with van der Waals surface area (Å²) in [6.07, 6.45) is 1.45. The maximum Gasteiger partial charge on any atom is 0.200 e. The van der Waals surface area contributed by atoms with Gasteiger partial charge >= 0.3 is 0 Å². The molecule has 5 rings (SSSR count). The molecule has 0 spiro atoms. The van der Waals surface area contributed by atoms with E-state index < -0.39 is 0 Å². The van der Waals surface area contributed by atoms with Crippen LogP contribution in [0.2, 0.25) is 0 Å². The molecule has 1 saturated heterocycles. The molecule has 7 nitrogen and oxygen atoms in total. The quantitative estimate of drug-likeness (QED) is 0.298. The van der Waals surface area contributed by atoms with Gasteiger partial charge in [0.25, 0.3) is 0 Å². The molecule has 4 aromatic rings. The van der Waals surface area contributed by atoms with E-state index in [1.165, 1.54) is 18.4 Å². The van der Waals surface area contributed by atoms with Crippen molar-refractivity contribution in [2.24, 2.45) is 0 Å². The second-order valence-corrected chi connectivity index (χ2v) is 9.62. The molecule has 0 atom stereocenters. The summed E-state index contributed by atoms with van der Waals surface area (Å²) >= 11 is 1.61. The minimum atomic E-state index is -0.233. The molecule has 0 bridgehead atoms. The van der Waals surface area contributed by atoms with Crippen molar-refractivity contribution in [3.05, 3.63) is 89.0 Å². The Morgan fingerprint density at radius 2 is 1.70 bits per heavy atom. The van der Waals surface area contributed by atoms with Gasteiger partial charge < -0.3 is 19.0 Å². The van der Waals surface area contributed by atoms with Crippen molar-refractivity contribution in [2.45, 2.75) is 0 Å². The maximum atomic E-state index is 13.0. The van der Waals surface area contributed by atoms with Crippen LogP contribution in [0.4, 0.5) is 10.1 Å². The SMILES string of the molecule is O=c1c(-c2ccc(O)cc2)coc2cc(OCCN3CCN(CSNc4ccc(F)cc4)CC3)ccc12. The van der Waals surface area contributed by atoms with Gasteiger partial charge in [-0.1, -0.05) is 12.1 Å². The zero-order valence-corrected chi connectivity index (χ0v) is 21.0. The number of anilines is 1. The van der Waals surface area contributed by atoms with Crippen molar-refractivity contribution in [3.8, 4) is 22.6 Å². The van der Waals surface area contributed by atoms with Crippen LogP contribution in [-0.4, -0.2) is 60.1 Å². The Bertz CT molecular complexity index is 1390. The third-order valence-corrected chi connectivity index (χ3v) is 7.22. The first-order chi connectivity index (χ1) is 18.0. The fourth-order valence-corrected chi connectivity index (χ4v) is 5.01. The summed E-state index contributed by atoms with van der Waals surface area (Å²) in [4.78, 5) is 17.7. The number of nitrogens with one attached hydrogen (secondary N) is 1. The number of benzene rings is 3. The molecule has 0 unspecified atom stereocenters. The summed E-state index contributed by atoms with van der Waals surface area (Å²) in [5.74, 6) is 1.43. The summed E-state index contributed by atoms with van der Waals surface area (Å²) < 4.78 is 27.9. The first kappa shape index (κ1) is 25.1. The summed E-state index contributed by atoms with van der Waals surface area (Å²) in [6, 6.07) is 18.1. The molecule has 2 N–H and O–H groups in total. The summed E-state index contributed by atoms with van der Waals surface area (Å²) in [6.45, 7) is 5.24. The zero-order valence-electron chi connectivity index (χ0n) is 20.2. The lowest BCUT2D eigenvalue weighted by atomic mass is 10.1. The Morgan fingerprint density at radius 1 is 0.973 bits per heavy atom. The largest absolute Gasteiger partial charge is 0.508 e. The molecule has 0 aliphatic carbocycles. The number of fused-ring (bicyclic) bond motifs is 1. The van der Waals surface area contributed by atoms with Crippen LogP contribution in [0.1, 0.15) is 0 Å². The molecule has 0 radical (unpaired) electrons. The highest BCUT2D eigenvalue weighted by Gasteiger charge is 2.17. The fourth-order valence-electron chi connectivity index (χ4n) is 4.20. The Hall–Kier alpha value is -3.53. The highest BCUT2D eigenvalue weighted by atomic mass is 32.2. The molecule has 192 valence electrons. The van der Waals surface area contributed by atoms with Crippen molar-refractivity contribution in [1.82, 2.24) is 9.80 Å². The van der Waals surface area contributed by atoms with E-state index in [4.69, 9.17) is 9.15 Å². The van der Waals surface area contributed by atoms with E-state index in [2.05, 4.69) is 14.5 Å². The smallest absolute Gasteiger partial charge is 0.200 e. The zero-order chi connectivity index (χ0) is 25.6. The number of hydrogen-bond donors (Lipinski definition) is 2. The van der Waals surface area contributed by atoms with Gasteiger partial charge in [-0.25, -0.2) is 4.39 Å². The van der Waals surface area contributed by atoms with Gasteiger partial charge in [-0.15, -0.1) is 0 Å². The lowest BCUT2D eigenvalue weighted by Gasteiger charge is -2.34. The van der Waals surface area contributed by atoms with Gasteiger partial charge in [0.15, 0.2) is 5.43 Å². The van der Waals surface area contributed by atoms with E-state index in [-0.39, 0.29) is 17.0 Å². The van der Waals surface area contributed by atoms with Crippen LogP contribution < -0.4 is 14.9 Å². The number of rotatable bonds is 9. The number of nitrogens with zero attached hydrogens (tertiary/aromatic N) is 2. The molecule has 1 aliphatic rings. The molecule has 0 saturated carbocycles. The molecule has 9 heteroatoms. The first-order valence-corrected chi connectivity index (χ1v) is 13.1. The van der Waals surface area contributed by atoms with Gasteiger partial charge in [0.1, 0.15) is 35.8 Å². The molecule has 2 heterocycles. The number of aromatic hydroxyl groups is 1. The average Bonchev–Trinajstić information content (AvgIpc) is 2.92. The van der Waals surface area contributed by atoms with Gasteiger partial charge in [0, 0.05) is 44.5 Å². The standard InChI is InChI=1S/C28H28FN3O4S/c29-21-3-5-22(6-4-21)30-37-19-32-13-11-31(12-14-32)15-16-35-24-9-10-25-27(17-24)36-18-26(28(25)34)20-1-7-23(33)8-2-20/h1-10,17-18,30,33H,11-16,19H2. The van der Waals surface area contributed by atoms with Crippen molar-refractivity contribution < 1.29 is 18.7 Å². The normalized spacial score (nSPS) is 14.6. The lowest BCUT2D eigenvalue weighted by Crippen LogP contribution is -2.47. The predicted molar refractivity (Wildman–Crippen MR) is 146 cm³/mol. The van der Waals surface area contributed by atoms with Crippen molar-refractivity contribution in [3.63, 3.8) is 0 Å². The molecule has 1 aliphatic heterocycles. The number of halogens is 1. The molecular weight excluding hydrogens is 493 g/mol. The highest BCUT2D eigenvalue weighted by Crippen LogP contribution is 2.24. The van der Waals surface area contributed by atoms with E-state index in [0.29, 0.717) is 34.5 Å². The van der Waals surface area contributed by atoms with Gasteiger partial charge in [-0.3, -0.25) is 14.6 Å². The number of ether oxygens (including phenoxy) is 1. The second kappa shape index (κ2) is 11.7. The highest BCUT2D eigenvalue weighted by molar-refractivity contribution is 8.00. The Labute approximate surface area is 218 Å². The van der Waals surface area contributed by atoms with Gasteiger partial charge in [-0.2, -0.15) is 0 Å². The fraction of sp³-hybridized carbons (Fsp3) is 0.250. The molecular formula is C28H28FN3O4S. The second-order valence-electron chi connectivity index (χ2n) is 8.87. The van der Waals surface area contributed by atoms with Gasteiger partial charge in [0.2, 0.25) is 0 Å². The van der Waals surface area contributed by atoms with Crippen LogP contribution in [0.15, 0.2) is 82.2 Å². The van der Waals surface area contributed by atoms with Crippen LogP contribution in [-0.2, 0) is 0 Å². The van der Waals surface area contributed by atoms with Crippen LogP contribution in [0.5, 0.6) is 11.5 Å². The molecule has 3 aromatic carbocycles. The van der Waals surface area contributed by atoms with Crippen LogP contribution >= 0.6 is 11.9 Å². The summed E-state index contributed by atoms with van der Waals surface area (Å²) in [7, 11) is 0. The molecule has 0 amide bonds. The minimum Gasteiger partial charge on any atom is -0.508 e. The Kier molecular flexibility index (Phi) is 7.93. The van der Waals surface area contributed by atoms with Crippen LogP contribution in [0, 0.1) is 5.82 Å². The number of piperazine rings is 1. The van der Waals surface area contributed by atoms with E-state index in [1.54, 1.807) is 66.5 Å². The van der Waals surface area contributed by atoms with E-state index >= 15 is 0 Å². The Morgan fingerprint density at radius 3 is 2.46 bits per heavy atom. The third kappa shape index (κ3) is 6.43. The lowest BCUT2D eigenvalue weighted by molar-refractivity contribution is 0.130. The van der Waals surface area contributed by atoms with E-state index in [0.717, 1.165) is 44.3 Å². The van der Waals surface area contributed by atoms with Crippen LogP contribution in [0.3, 0.4) is 0 Å². The monoisotopic (exact) mass is 521 g/mol. The minimum absolute atomic E-state index is 0.123. The van der Waals surface area contributed by atoms with E-state index in [9.17, 15) is 14.3 Å². The van der Waals surface area contributed by atoms with Gasteiger partial charge in [0.05, 0.1) is 16.8 Å². The third-order valence-electron chi connectivity index (χ3n) is 6.35. The molecule has 1 aromatic heterocycles. The predicted octanol–water partition coefficient (Wildman–Crippen LogP) is 5.02. The number of phenolic OH excluding ortho intramolecular Hbond substituents is 1.